The molecule has 1 aliphatic carbocycles. The Bertz CT molecular complexity index is 1010. The average Bonchev–Trinajstić information content (AvgIpc) is 3.58. The molecule has 2 heterocycles. The van der Waals surface area contributed by atoms with Crippen LogP contribution in [0.25, 0.3) is 5.57 Å². The largest absolute Gasteiger partial charge is 0.367 e. The van der Waals surface area contributed by atoms with E-state index in [-0.39, 0.29) is 11.5 Å². The van der Waals surface area contributed by atoms with E-state index in [4.69, 9.17) is 5.73 Å². The van der Waals surface area contributed by atoms with Gasteiger partial charge in [0.1, 0.15) is 5.82 Å². The number of carbonyl (C=O) groups excluding carboxylic acids is 2. The maximum Gasteiger partial charge on any atom is 0.254 e. The summed E-state index contributed by atoms with van der Waals surface area (Å²) in [6, 6.07) is 8.31. The summed E-state index contributed by atoms with van der Waals surface area (Å²) >= 11 is 0. The van der Waals surface area contributed by atoms with E-state index in [0.717, 1.165) is 30.5 Å². The first kappa shape index (κ1) is 19.6. The van der Waals surface area contributed by atoms with Gasteiger partial charge < -0.3 is 21.3 Å². The summed E-state index contributed by atoms with van der Waals surface area (Å²) in [5.41, 5.74) is 8.88. The molecule has 1 aromatic carbocycles. The van der Waals surface area contributed by atoms with Crippen molar-refractivity contribution in [3.8, 4) is 0 Å². The van der Waals surface area contributed by atoms with Crippen molar-refractivity contribution in [2.24, 2.45) is 5.73 Å². The fraction of sp³-hybridized carbons (Fsp3) is 0.273. The second-order valence-electron chi connectivity index (χ2n) is 7.41. The van der Waals surface area contributed by atoms with E-state index in [9.17, 15) is 9.59 Å². The van der Waals surface area contributed by atoms with Crippen molar-refractivity contribution < 1.29 is 9.59 Å². The molecular weight excluding hydrogens is 380 g/mol. The molecule has 0 bridgehead atoms. The summed E-state index contributed by atoms with van der Waals surface area (Å²) < 4.78 is 0. The zero-order chi connectivity index (χ0) is 21.1. The third-order valence-corrected chi connectivity index (χ3v) is 5.18. The first-order valence-electron chi connectivity index (χ1n) is 9.94. The van der Waals surface area contributed by atoms with E-state index in [1.807, 2.05) is 24.3 Å². The Morgan fingerprint density at radius 1 is 1.23 bits per heavy atom. The number of carbonyl (C=O) groups is 2. The van der Waals surface area contributed by atoms with Crippen molar-refractivity contribution >= 4 is 34.8 Å². The van der Waals surface area contributed by atoms with E-state index in [0.29, 0.717) is 30.9 Å². The lowest BCUT2D eigenvalue weighted by Gasteiger charge is -2.25. The smallest absolute Gasteiger partial charge is 0.254 e. The number of primary amides is 1. The highest BCUT2D eigenvalue weighted by atomic mass is 16.2. The Balaban J connectivity index is 1.45. The fourth-order valence-electron chi connectivity index (χ4n) is 3.31. The average molecular weight is 404 g/mol. The lowest BCUT2D eigenvalue weighted by atomic mass is 9.99. The Labute approximate surface area is 174 Å². The molecule has 0 saturated heterocycles. The highest BCUT2D eigenvalue weighted by Crippen LogP contribution is 2.27. The number of hydrogen-bond donors (Lipinski definition) is 3. The fourth-order valence-corrected chi connectivity index (χ4v) is 3.31. The van der Waals surface area contributed by atoms with Gasteiger partial charge in [-0.25, -0.2) is 4.98 Å². The molecule has 0 atom stereocenters. The Morgan fingerprint density at radius 3 is 2.60 bits per heavy atom. The summed E-state index contributed by atoms with van der Waals surface area (Å²) in [6.07, 6.45) is 7.79. The van der Waals surface area contributed by atoms with Crippen molar-refractivity contribution in [3.05, 3.63) is 60.3 Å². The molecule has 2 aliphatic rings. The second kappa shape index (κ2) is 8.36. The number of aromatic nitrogens is 2. The molecule has 1 saturated carbocycles. The van der Waals surface area contributed by atoms with E-state index < -0.39 is 5.91 Å². The number of nitrogens with zero attached hydrogens (tertiary/aromatic N) is 3. The van der Waals surface area contributed by atoms with Crippen LogP contribution in [-0.4, -0.2) is 45.8 Å². The van der Waals surface area contributed by atoms with Crippen LogP contribution >= 0.6 is 0 Å². The molecule has 4 N–H and O–H groups in total. The molecule has 0 unspecified atom stereocenters. The quantitative estimate of drug-likeness (QED) is 0.612. The van der Waals surface area contributed by atoms with Gasteiger partial charge in [-0.1, -0.05) is 24.8 Å². The summed E-state index contributed by atoms with van der Waals surface area (Å²) in [5.74, 6) is 0.266. The maximum absolute atomic E-state index is 11.7. The van der Waals surface area contributed by atoms with Crippen LogP contribution in [0.4, 0.5) is 17.5 Å². The summed E-state index contributed by atoms with van der Waals surface area (Å²) in [5, 5.41) is 6.39. The van der Waals surface area contributed by atoms with Gasteiger partial charge in [0.25, 0.3) is 5.91 Å². The number of nitrogens with one attached hydrogen (secondary N) is 2. The number of benzene rings is 1. The highest BCUT2D eigenvalue weighted by molar-refractivity contribution is 5.97. The van der Waals surface area contributed by atoms with Gasteiger partial charge in [0.2, 0.25) is 11.9 Å². The van der Waals surface area contributed by atoms with Crippen LogP contribution in [0, 0.1) is 0 Å². The van der Waals surface area contributed by atoms with E-state index in [2.05, 4.69) is 33.3 Å². The van der Waals surface area contributed by atoms with Crippen molar-refractivity contribution in [2.75, 3.05) is 23.7 Å². The van der Waals surface area contributed by atoms with Gasteiger partial charge in [0.05, 0.1) is 5.56 Å². The van der Waals surface area contributed by atoms with Crippen LogP contribution in [0.5, 0.6) is 0 Å². The van der Waals surface area contributed by atoms with E-state index in [1.165, 1.54) is 17.8 Å². The van der Waals surface area contributed by atoms with Gasteiger partial charge in [-0.3, -0.25) is 9.59 Å². The molecule has 4 rings (SSSR count). The zero-order valence-corrected chi connectivity index (χ0v) is 16.6. The summed E-state index contributed by atoms with van der Waals surface area (Å²) in [6.45, 7) is 4.82. The number of anilines is 3. The van der Waals surface area contributed by atoms with Crippen LogP contribution in [0.3, 0.4) is 0 Å². The van der Waals surface area contributed by atoms with Gasteiger partial charge in [-0.2, -0.15) is 4.98 Å². The lowest BCUT2D eigenvalue weighted by Crippen LogP contribution is -2.33. The summed E-state index contributed by atoms with van der Waals surface area (Å²) in [4.78, 5) is 33.7. The number of rotatable bonds is 7. The molecule has 1 aliphatic heterocycles. The van der Waals surface area contributed by atoms with Gasteiger partial charge in [0, 0.05) is 31.0 Å². The minimum atomic E-state index is -0.553. The Hall–Kier alpha value is -3.68. The predicted octanol–water partition coefficient (Wildman–Crippen LogP) is 2.70. The predicted molar refractivity (Wildman–Crippen MR) is 116 cm³/mol. The number of hydrogen-bond acceptors (Lipinski definition) is 6. The monoisotopic (exact) mass is 404 g/mol. The Morgan fingerprint density at radius 2 is 2.00 bits per heavy atom. The second-order valence-corrected chi connectivity index (χ2v) is 7.41. The van der Waals surface area contributed by atoms with Gasteiger partial charge >= 0.3 is 0 Å². The van der Waals surface area contributed by atoms with Crippen molar-refractivity contribution in [1.29, 1.82) is 0 Å². The highest BCUT2D eigenvalue weighted by Gasteiger charge is 2.24. The third kappa shape index (κ3) is 4.48. The molecular formula is C22H24N6O2. The molecule has 154 valence electrons. The number of amides is 2. The molecule has 8 nitrogen and oxygen atoms in total. The van der Waals surface area contributed by atoms with Crippen LogP contribution < -0.4 is 16.4 Å². The van der Waals surface area contributed by atoms with Crippen LogP contribution in [0.15, 0.2) is 49.2 Å². The van der Waals surface area contributed by atoms with Crippen molar-refractivity contribution in [1.82, 2.24) is 14.9 Å². The molecule has 8 heteroatoms. The van der Waals surface area contributed by atoms with Crippen molar-refractivity contribution in [3.63, 3.8) is 0 Å². The lowest BCUT2D eigenvalue weighted by molar-refractivity contribution is -0.125. The topological polar surface area (TPSA) is 113 Å². The zero-order valence-electron chi connectivity index (χ0n) is 16.6. The van der Waals surface area contributed by atoms with Gasteiger partial charge in [0.15, 0.2) is 0 Å². The molecule has 30 heavy (non-hydrogen) atoms. The summed E-state index contributed by atoms with van der Waals surface area (Å²) in [7, 11) is 0. The maximum atomic E-state index is 11.7. The van der Waals surface area contributed by atoms with E-state index in [1.54, 1.807) is 4.90 Å². The molecule has 0 spiro atoms. The SMILES string of the molecule is C=CC(=O)N1CC=C(c2ccc(Nc3ncc(C(N)=O)c(NC4CC4)n3)cc2)CC1. The minimum absolute atomic E-state index is 0.0391. The molecule has 1 aromatic heterocycles. The Kier molecular flexibility index (Phi) is 5.47. The standard InChI is InChI=1S/C22H24N6O2/c1-2-19(29)28-11-9-15(10-12-28)14-3-5-17(6-4-14)26-22-24-13-18(20(23)30)21(27-22)25-16-7-8-16/h2-6,9,13,16H,1,7-8,10-12H2,(H2,23,30)(H2,24,25,26,27). The van der Waals surface area contributed by atoms with Crippen LogP contribution in [0.1, 0.15) is 35.2 Å². The first-order chi connectivity index (χ1) is 14.5. The molecule has 0 radical (unpaired) electrons. The van der Waals surface area contributed by atoms with E-state index >= 15 is 0 Å². The number of nitrogens with two attached hydrogens (primary N) is 1. The van der Waals surface area contributed by atoms with Crippen LogP contribution in [0.2, 0.25) is 0 Å². The van der Waals surface area contributed by atoms with Crippen molar-refractivity contribution in [2.45, 2.75) is 25.3 Å². The minimum Gasteiger partial charge on any atom is -0.367 e. The molecule has 1 fully saturated rings. The third-order valence-electron chi connectivity index (χ3n) is 5.18. The molecule has 2 amide bonds. The normalized spacial score (nSPS) is 15.9. The van der Waals surface area contributed by atoms with Gasteiger partial charge in [-0.05, 0) is 48.6 Å². The van der Waals surface area contributed by atoms with Gasteiger partial charge in [-0.15, -0.1) is 0 Å². The molecule has 2 aromatic rings. The first-order valence-corrected chi connectivity index (χ1v) is 9.94. The van der Waals surface area contributed by atoms with Crippen LogP contribution in [-0.2, 0) is 4.79 Å².